The van der Waals surface area contributed by atoms with E-state index in [1.165, 1.54) is 19.4 Å². The van der Waals surface area contributed by atoms with Crippen molar-refractivity contribution in [2.75, 3.05) is 26.2 Å². The van der Waals surface area contributed by atoms with Gasteiger partial charge in [-0.3, -0.25) is 9.69 Å². The molecule has 4 nitrogen and oxygen atoms in total. The van der Waals surface area contributed by atoms with Crippen molar-refractivity contribution >= 4 is 17.5 Å². The first-order valence-corrected chi connectivity index (χ1v) is 9.12. The molecule has 2 fully saturated rings. The van der Waals surface area contributed by atoms with Crippen molar-refractivity contribution in [3.05, 3.63) is 53.1 Å². The summed E-state index contributed by atoms with van der Waals surface area (Å²) in [5.74, 6) is 0.272. The minimum absolute atomic E-state index is 0.0911. The Kier molecular flexibility index (Phi) is 4.40. The van der Waals surface area contributed by atoms with E-state index in [-0.39, 0.29) is 11.7 Å². The van der Waals surface area contributed by atoms with Crippen LogP contribution in [0.5, 0.6) is 5.75 Å². The monoisotopic (exact) mass is 356 g/mol. The molecule has 2 aliphatic rings. The van der Waals surface area contributed by atoms with E-state index >= 15 is 0 Å². The van der Waals surface area contributed by atoms with Crippen LogP contribution in [0.1, 0.15) is 23.2 Å². The fraction of sp³-hybridized carbons (Fsp3) is 0.350. The van der Waals surface area contributed by atoms with Crippen molar-refractivity contribution in [1.82, 2.24) is 9.80 Å². The second kappa shape index (κ2) is 6.70. The topological polar surface area (TPSA) is 43.8 Å². The number of nitrogens with zero attached hydrogens (tertiary/aromatic N) is 2. The van der Waals surface area contributed by atoms with Crippen LogP contribution < -0.4 is 0 Å². The molecule has 0 unspecified atom stereocenters. The Labute approximate surface area is 152 Å². The predicted octanol–water partition coefficient (Wildman–Crippen LogP) is 3.63. The van der Waals surface area contributed by atoms with E-state index < -0.39 is 0 Å². The number of carbonyl (C=O) groups is 1. The molecule has 2 aromatic carbocycles. The van der Waals surface area contributed by atoms with Crippen LogP contribution in [0.3, 0.4) is 0 Å². The molecule has 2 aromatic rings. The van der Waals surface area contributed by atoms with E-state index in [1.54, 1.807) is 18.2 Å². The van der Waals surface area contributed by atoms with Gasteiger partial charge in [-0.1, -0.05) is 23.7 Å². The van der Waals surface area contributed by atoms with Crippen molar-refractivity contribution in [3.8, 4) is 16.9 Å². The molecule has 1 atom stereocenters. The molecule has 2 aliphatic heterocycles. The highest BCUT2D eigenvalue weighted by molar-refractivity contribution is 6.31. The summed E-state index contributed by atoms with van der Waals surface area (Å²) in [6.07, 6.45) is 2.43. The van der Waals surface area contributed by atoms with Crippen molar-refractivity contribution in [2.24, 2.45) is 0 Å². The van der Waals surface area contributed by atoms with E-state index in [4.69, 9.17) is 11.6 Å². The number of carbonyl (C=O) groups excluding carboxylic acids is 1. The van der Waals surface area contributed by atoms with Gasteiger partial charge in [0.1, 0.15) is 5.75 Å². The average Bonchev–Trinajstić information content (AvgIpc) is 3.11. The fourth-order valence-corrected chi connectivity index (χ4v) is 4.06. The Morgan fingerprint density at radius 3 is 2.68 bits per heavy atom. The highest BCUT2D eigenvalue weighted by Crippen LogP contribution is 2.32. The number of phenols is 1. The first-order chi connectivity index (χ1) is 12.1. The van der Waals surface area contributed by atoms with Gasteiger partial charge in [0.2, 0.25) is 0 Å². The average molecular weight is 357 g/mol. The fourth-order valence-electron chi connectivity index (χ4n) is 3.89. The second-order valence-corrected chi connectivity index (χ2v) is 7.26. The quantitative estimate of drug-likeness (QED) is 0.893. The number of halogens is 1. The number of piperazine rings is 1. The Bertz CT molecular complexity index is 791. The Balaban J connectivity index is 1.52. The molecule has 0 radical (unpaired) electrons. The third kappa shape index (κ3) is 3.24. The summed E-state index contributed by atoms with van der Waals surface area (Å²) in [5.41, 5.74) is 2.21. The number of amides is 1. The Morgan fingerprint density at radius 2 is 1.88 bits per heavy atom. The van der Waals surface area contributed by atoms with Gasteiger partial charge in [0.25, 0.3) is 5.91 Å². The Morgan fingerprint density at radius 1 is 1.08 bits per heavy atom. The maximum Gasteiger partial charge on any atom is 0.253 e. The lowest BCUT2D eigenvalue weighted by molar-refractivity contribution is 0.0571. The maximum atomic E-state index is 12.8. The number of hydrogen-bond donors (Lipinski definition) is 1. The molecule has 130 valence electrons. The lowest BCUT2D eigenvalue weighted by Crippen LogP contribution is -2.52. The van der Waals surface area contributed by atoms with E-state index in [0.29, 0.717) is 22.2 Å². The zero-order valence-electron chi connectivity index (χ0n) is 14.0. The molecule has 0 aromatic heterocycles. The third-order valence-electron chi connectivity index (χ3n) is 5.28. The second-order valence-electron chi connectivity index (χ2n) is 6.82. The van der Waals surface area contributed by atoms with Crippen molar-refractivity contribution in [3.63, 3.8) is 0 Å². The summed E-state index contributed by atoms with van der Waals surface area (Å²) >= 11 is 6.02. The molecule has 0 aliphatic carbocycles. The van der Waals surface area contributed by atoms with E-state index in [2.05, 4.69) is 4.90 Å². The first kappa shape index (κ1) is 16.4. The maximum absolute atomic E-state index is 12.8. The molecule has 2 heterocycles. The third-order valence-corrected chi connectivity index (χ3v) is 5.51. The largest absolute Gasteiger partial charge is 0.507 e. The smallest absolute Gasteiger partial charge is 0.253 e. The van der Waals surface area contributed by atoms with Gasteiger partial charge in [-0.25, -0.2) is 0 Å². The van der Waals surface area contributed by atoms with Crippen LogP contribution in [0, 0.1) is 0 Å². The summed E-state index contributed by atoms with van der Waals surface area (Å²) in [6.45, 7) is 3.78. The predicted molar refractivity (Wildman–Crippen MR) is 99.1 cm³/mol. The Hall–Kier alpha value is -2.04. The van der Waals surface area contributed by atoms with Gasteiger partial charge >= 0.3 is 0 Å². The normalized spacial score (nSPS) is 20.5. The summed E-state index contributed by atoms with van der Waals surface area (Å²) < 4.78 is 0. The summed E-state index contributed by atoms with van der Waals surface area (Å²) in [6, 6.07) is 12.9. The summed E-state index contributed by atoms with van der Waals surface area (Å²) in [5, 5.41) is 10.6. The first-order valence-electron chi connectivity index (χ1n) is 8.74. The van der Waals surface area contributed by atoms with Gasteiger partial charge < -0.3 is 10.0 Å². The molecule has 5 heteroatoms. The number of aromatic hydroxyl groups is 1. The standard InChI is InChI=1S/C20H21ClN2O2/c21-16-7-8-19(24)18(12-16)14-3-5-15(6-4-14)20(25)23-11-10-22-9-1-2-17(22)13-23/h3-8,12,17,24H,1-2,9-11,13H2/t17-/m1/s1. The van der Waals surface area contributed by atoms with E-state index in [9.17, 15) is 9.90 Å². The van der Waals surface area contributed by atoms with E-state index in [1.807, 2.05) is 29.2 Å². The zero-order valence-corrected chi connectivity index (χ0v) is 14.7. The molecule has 25 heavy (non-hydrogen) atoms. The van der Waals surface area contributed by atoms with Crippen molar-refractivity contribution in [2.45, 2.75) is 18.9 Å². The molecular formula is C20H21ClN2O2. The number of fused-ring (bicyclic) bond motifs is 1. The molecule has 1 amide bonds. The van der Waals surface area contributed by atoms with Crippen LogP contribution in [-0.2, 0) is 0 Å². The highest BCUT2D eigenvalue weighted by atomic mass is 35.5. The minimum atomic E-state index is 0.0911. The van der Waals surface area contributed by atoms with Crippen LogP contribution in [-0.4, -0.2) is 53.0 Å². The molecule has 0 spiro atoms. The number of rotatable bonds is 2. The van der Waals surface area contributed by atoms with Crippen molar-refractivity contribution < 1.29 is 9.90 Å². The van der Waals surface area contributed by atoms with Crippen LogP contribution in [0.25, 0.3) is 11.1 Å². The van der Waals surface area contributed by atoms with E-state index in [0.717, 1.165) is 25.2 Å². The number of phenolic OH excluding ortho intramolecular Hbond substituents is 1. The molecule has 1 N–H and O–H groups in total. The van der Waals surface area contributed by atoms with Gasteiger partial charge in [0.05, 0.1) is 0 Å². The summed E-state index contributed by atoms with van der Waals surface area (Å²) in [7, 11) is 0. The lowest BCUT2D eigenvalue weighted by atomic mass is 10.0. The highest BCUT2D eigenvalue weighted by Gasteiger charge is 2.32. The summed E-state index contributed by atoms with van der Waals surface area (Å²) in [4.78, 5) is 17.3. The molecular weight excluding hydrogens is 336 g/mol. The number of benzene rings is 2. The zero-order chi connectivity index (χ0) is 17.4. The van der Waals surface area contributed by atoms with Gasteiger partial charge in [0.15, 0.2) is 0 Å². The minimum Gasteiger partial charge on any atom is -0.507 e. The van der Waals surface area contributed by atoms with Gasteiger partial charge in [0, 0.05) is 41.8 Å². The van der Waals surface area contributed by atoms with Gasteiger partial charge in [-0.15, -0.1) is 0 Å². The van der Waals surface area contributed by atoms with Gasteiger partial charge in [-0.05, 0) is 55.3 Å². The lowest BCUT2D eigenvalue weighted by Gasteiger charge is -2.37. The molecule has 0 saturated carbocycles. The van der Waals surface area contributed by atoms with Gasteiger partial charge in [-0.2, -0.15) is 0 Å². The van der Waals surface area contributed by atoms with Crippen LogP contribution >= 0.6 is 11.6 Å². The molecule has 4 rings (SSSR count). The van der Waals surface area contributed by atoms with Crippen LogP contribution in [0.2, 0.25) is 5.02 Å². The van der Waals surface area contributed by atoms with Crippen LogP contribution in [0.4, 0.5) is 0 Å². The number of hydrogen-bond acceptors (Lipinski definition) is 3. The molecule has 0 bridgehead atoms. The van der Waals surface area contributed by atoms with Crippen LogP contribution in [0.15, 0.2) is 42.5 Å². The molecule has 2 saturated heterocycles. The van der Waals surface area contributed by atoms with Crippen molar-refractivity contribution in [1.29, 1.82) is 0 Å². The SMILES string of the molecule is O=C(c1ccc(-c2cc(Cl)ccc2O)cc1)N1CCN2CCC[C@@H]2C1.